The average molecular weight is 185 g/mol. The molecule has 1 saturated heterocycles. The van der Waals surface area contributed by atoms with E-state index in [-0.39, 0.29) is 11.9 Å². The topological polar surface area (TPSA) is 89.4 Å². The first-order valence-corrected chi connectivity index (χ1v) is 4.36. The number of nitrogens with zero attached hydrogens (tertiary/aromatic N) is 1. The predicted octanol–water partition coefficient (Wildman–Crippen LogP) is -1.19. The highest BCUT2D eigenvalue weighted by Gasteiger charge is 2.29. The third-order valence-electron chi connectivity index (χ3n) is 2.36. The van der Waals surface area contributed by atoms with E-state index < -0.39 is 11.9 Å². The summed E-state index contributed by atoms with van der Waals surface area (Å²) in [7, 11) is 0. The molecule has 0 aliphatic carbocycles. The molecule has 1 rings (SSSR count). The molecule has 0 aromatic carbocycles. The molecule has 1 aliphatic rings. The van der Waals surface area contributed by atoms with Gasteiger partial charge in [-0.05, 0) is 13.3 Å². The summed E-state index contributed by atoms with van der Waals surface area (Å²) in [5.74, 6) is -0.518. The zero-order valence-corrected chi connectivity index (χ0v) is 7.69. The van der Waals surface area contributed by atoms with Crippen molar-refractivity contribution in [1.29, 1.82) is 0 Å². The van der Waals surface area contributed by atoms with Crippen molar-refractivity contribution in [2.45, 2.75) is 31.8 Å². The number of carbonyl (C=O) groups excluding carboxylic acids is 2. The Morgan fingerprint density at radius 2 is 2.31 bits per heavy atom. The number of rotatable bonds is 2. The van der Waals surface area contributed by atoms with E-state index in [0.717, 1.165) is 0 Å². The fraction of sp³-hybridized carbons (Fsp3) is 0.750. The fourth-order valence-corrected chi connectivity index (χ4v) is 1.43. The van der Waals surface area contributed by atoms with E-state index in [1.165, 1.54) is 4.90 Å². The number of likely N-dealkylation sites (tertiary alicyclic amines) is 1. The van der Waals surface area contributed by atoms with Gasteiger partial charge in [0, 0.05) is 19.0 Å². The summed E-state index contributed by atoms with van der Waals surface area (Å²) in [6, 6.07) is -0.571. The molecule has 1 heterocycles. The summed E-state index contributed by atoms with van der Waals surface area (Å²) in [6.45, 7) is 2.06. The van der Waals surface area contributed by atoms with E-state index >= 15 is 0 Å². The summed E-state index contributed by atoms with van der Waals surface area (Å²) in [6.07, 6.45) is 1.11. The number of hydrogen-bond donors (Lipinski definition) is 2. The molecule has 0 bridgehead atoms. The number of nitrogens with two attached hydrogens (primary N) is 2. The second kappa shape index (κ2) is 3.74. The van der Waals surface area contributed by atoms with Crippen LogP contribution in [0, 0.1) is 0 Å². The normalized spacial score (nSPS) is 25.8. The van der Waals surface area contributed by atoms with E-state index in [0.29, 0.717) is 19.4 Å². The van der Waals surface area contributed by atoms with Gasteiger partial charge in [-0.15, -0.1) is 0 Å². The molecule has 0 unspecified atom stereocenters. The van der Waals surface area contributed by atoms with E-state index in [9.17, 15) is 9.59 Å². The Morgan fingerprint density at radius 1 is 1.69 bits per heavy atom. The van der Waals surface area contributed by atoms with Gasteiger partial charge in [-0.25, -0.2) is 0 Å². The molecule has 13 heavy (non-hydrogen) atoms. The Kier molecular flexibility index (Phi) is 2.87. The molecule has 1 fully saturated rings. The maximum atomic E-state index is 11.3. The average Bonchev–Trinajstić information content (AvgIpc) is 2.08. The van der Waals surface area contributed by atoms with E-state index in [1.807, 2.05) is 0 Å². The van der Waals surface area contributed by atoms with Gasteiger partial charge in [0.15, 0.2) is 0 Å². The van der Waals surface area contributed by atoms with Crippen LogP contribution in [0.5, 0.6) is 0 Å². The van der Waals surface area contributed by atoms with Gasteiger partial charge in [-0.3, -0.25) is 9.59 Å². The van der Waals surface area contributed by atoms with Crippen LogP contribution < -0.4 is 11.5 Å². The maximum Gasteiger partial charge on any atom is 0.239 e. The van der Waals surface area contributed by atoms with E-state index in [4.69, 9.17) is 11.5 Å². The Labute approximate surface area is 77.1 Å². The number of amides is 2. The third-order valence-corrected chi connectivity index (χ3v) is 2.36. The Balaban J connectivity index is 2.65. The first-order chi connectivity index (χ1) is 6.02. The van der Waals surface area contributed by atoms with Crippen LogP contribution in [-0.4, -0.2) is 35.3 Å². The Hall–Kier alpha value is -1.10. The van der Waals surface area contributed by atoms with Crippen LogP contribution in [0.25, 0.3) is 0 Å². The Morgan fingerprint density at radius 3 is 2.85 bits per heavy atom. The zero-order chi connectivity index (χ0) is 10.0. The number of primary amides is 1. The standard InChI is InChI=1S/C8H15N3O2/c1-5(8(10)13)11-4-6(9)2-3-7(11)12/h5-6H,2-4,9H2,1H3,(H2,10,13)/t5-,6+/m1/s1. The first-order valence-electron chi connectivity index (χ1n) is 4.36. The van der Waals surface area contributed by atoms with Crippen LogP contribution in [0.1, 0.15) is 19.8 Å². The quantitative estimate of drug-likeness (QED) is 0.567. The van der Waals surface area contributed by atoms with Crippen molar-refractivity contribution in [2.24, 2.45) is 11.5 Å². The summed E-state index contributed by atoms with van der Waals surface area (Å²) >= 11 is 0. The van der Waals surface area contributed by atoms with Gasteiger partial charge in [0.25, 0.3) is 0 Å². The fourth-order valence-electron chi connectivity index (χ4n) is 1.43. The SMILES string of the molecule is C[C@H](C(N)=O)N1C[C@@H](N)CCC1=O. The molecule has 5 heteroatoms. The van der Waals surface area contributed by atoms with Crippen LogP contribution in [0.2, 0.25) is 0 Å². The highest BCUT2D eigenvalue weighted by atomic mass is 16.2. The molecular formula is C8H15N3O2. The molecule has 0 aromatic rings. The molecule has 2 atom stereocenters. The van der Waals surface area contributed by atoms with Gasteiger partial charge >= 0.3 is 0 Å². The highest BCUT2D eigenvalue weighted by Crippen LogP contribution is 2.12. The molecule has 5 nitrogen and oxygen atoms in total. The van der Waals surface area contributed by atoms with Gasteiger partial charge in [0.1, 0.15) is 6.04 Å². The summed E-state index contributed by atoms with van der Waals surface area (Å²) in [5, 5.41) is 0. The summed E-state index contributed by atoms with van der Waals surface area (Å²) in [4.78, 5) is 23.6. The molecule has 2 amide bonds. The van der Waals surface area contributed by atoms with Crippen LogP contribution in [0.15, 0.2) is 0 Å². The van der Waals surface area contributed by atoms with Gasteiger partial charge in [0.05, 0.1) is 0 Å². The zero-order valence-electron chi connectivity index (χ0n) is 7.69. The van der Waals surface area contributed by atoms with Crippen molar-refractivity contribution in [3.05, 3.63) is 0 Å². The molecule has 0 radical (unpaired) electrons. The first kappa shape index (κ1) is 9.98. The van der Waals surface area contributed by atoms with E-state index in [2.05, 4.69) is 0 Å². The third kappa shape index (κ3) is 2.18. The second-order valence-corrected chi connectivity index (χ2v) is 3.42. The molecule has 1 aliphatic heterocycles. The van der Waals surface area contributed by atoms with Gasteiger partial charge in [-0.1, -0.05) is 0 Å². The minimum atomic E-state index is -0.543. The molecule has 4 N–H and O–H groups in total. The molecule has 0 saturated carbocycles. The van der Waals surface area contributed by atoms with Crippen LogP contribution in [0.4, 0.5) is 0 Å². The van der Waals surface area contributed by atoms with Crippen molar-refractivity contribution in [3.63, 3.8) is 0 Å². The van der Waals surface area contributed by atoms with Gasteiger partial charge in [-0.2, -0.15) is 0 Å². The molecule has 0 aromatic heterocycles. The molecule has 0 spiro atoms. The lowest BCUT2D eigenvalue weighted by Gasteiger charge is -2.33. The smallest absolute Gasteiger partial charge is 0.239 e. The monoisotopic (exact) mass is 185 g/mol. The van der Waals surface area contributed by atoms with Gasteiger partial charge < -0.3 is 16.4 Å². The van der Waals surface area contributed by atoms with Crippen molar-refractivity contribution < 1.29 is 9.59 Å². The summed E-state index contributed by atoms with van der Waals surface area (Å²) < 4.78 is 0. The van der Waals surface area contributed by atoms with Crippen molar-refractivity contribution in [3.8, 4) is 0 Å². The lowest BCUT2D eigenvalue weighted by Crippen LogP contribution is -2.53. The highest BCUT2D eigenvalue weighted by molar-refractivity contribution is 5.86. The number of hydrogen-bond acceptors (Lipinski definition) is 3. The van der Waals surface area contributed by atoms with Crippen molar-refractivity contribution >= 4 is 11.8 Å². The van der Waals surface area contributed by atoms with Gasteiger partial charge in [0.2, 0.25) is 11.8 Å². The van der Waals surface area contributed by atoms with Crippen molar-refractivity contribution in [2.75, 3.05) is 6.54 Å². The minimum Gasteiger partial charge on any atom is -0.368 e. The van der Waals surface area contributed by atoms with E-state index in [1.54, 1.807) is 6.92 Å². The predicted molar refractivity (Wildman–Crippen MR) is 47.6 cm³/mol. The maximum absolute atomic E-state index is 11.3. The lowest BCUT2D eigenvalue weighted by molar-refractivity contribution is -0.141. The molecule has 74 valence electrons. The number of piperidine rings is 1. The summed E-state index contributed by atoms with van der Waals surface area (Å²) in [5.41, 5.74) is 10.8. The minimum absolute atomic E-state index is 0.0282. The lowest BCUT2D eigenvalue weighted by atomic mass is 10.0. The Bertz CT molecular complexity index is 229. The number of carbonyl (C=O) groups is 2. The van der Waals surface area contributed by atoms with Crippen LogP contribution >= 0.6 is 0 Å². The molecular weight excluding hydrogens is 170 g/mol. The van der Waals surface area contributed by atoms with Crippen molar-refractivity contribution in [1.82, 2.24) is 4.90 Å². The largest absolute Gasteiger partial charge is 0.368 e. The second-order valence-electron chi connectivity index (χ2n) is 3.42. The van der Waals surface area contributed by atoms with Crippen LogP contribution in [0.3, 0.4) is 0 Å². The van der Waals surface area contributed by atoms with Crippen LogP contribution in [-0.2, 0) is 9.59 Å².